The summed E-state index contributed by atoms with van der Waals surface area (Å²) in [7, 11) is 0. The van der Waals surface area contributed by atoms with E-state index in [1.54, 1.807) is 124 Å². The first-order chi connectivity index (χ1) is 41.4. The van der Waals surface area contributed by atoms with E-state index in [4.69, 9.17) is 37.9 Å². The molecule has 0 spiro atoms. The van der Waals surface area contributed by atoms with Crippen LogP contribution in [0, 0.1) is 5.41 Å². The molecule has 3 rings (SSSR count). The predicted octanol–water partition coefficient (Wildman–Crippen LogP) is 5.99. The number of rotatable bonds is 31. The Morgan fingerprint density at radius 2 is 0.944 bits per heavy atom. The van der Waals surface area contributed by atoms with E-state index in [0.29, 0.717) is 5.56 Å². The second-order valence-electron chi connectivity index (χ2n) is 28.2. The molecule has 25 heteroatoms. The Balaban J connectivity index is 1.91. The molecule has 25 nitrogen and oxygen atoms in total. The van der Waals surface area contributed by atoms with E-state index in [9.17, 15) is 53.1 Å². The van der Waals surface area contributed by atoms with Crippen LogP contribution in [-0.4, -0.2) is 168 Å². The molecule has 0 radical (unpaired) electrons. The second kappa shape index (κ2) is 33.9. The molecule has 7 N–H and O–H groups in total. The number of aliphatic hydroxyl groups excluding tert-OH is 1. The van der Waals surface area contributed by atoms with Crippen molar-refractivity contribution in [3.05, 3.63) is 48.0 Å². The molecule has 2 aromatic carbocycles. The van der Waals surface area contributed by atoms with Crippen molar-refractivity contribution in [3.8, 4) is 0 Å². The molecule has 1 saturated heterocycles. The number of aliphatic hydroxyl groups is 1. The predicted molar refractivity (Wildman–Crippen MR) is 333 cm³/mol. The molecule has 1 aliphatic heterocycles. The Hall–Kier alpha value is -6.96. The van der Waals surface area contributed by atoms with Crippen LogP contribution in [0.2, 0.25) is 0 Å². The SMILES string of the molecule is CC(C)(C)OC(=O)CCC(NC(=O)COCC1(CO)COC(C)(C)OC1)C(=O)NC(CCC(=O)OC(C)(C)C)C(=O)NC(Cc1ccc2ccccc2c1)C(=O)NCCCCC(NC(=O)NC(CCC(=O)OC(C)(C)C)C(=O)OC(C)(C)C)C(=O)OC(C)(C)C. The average molecular weight is 1270 g/mol. The molecule has 6 amide bonds. The third-order valence-electron chi connectivity index (χ3n) is 13.0. The molecular weight excluding hydrogens is 1170 g/mol. The number of unbranched alkanes of at least 4 members (excludes halogenated alkanes) is 1. The summed E-state index contributed by atoms with van der Waals surface area (Å²) in [5.41, 5.74) is -4.84. The van der Waals surface area contributed by atoms with Gasteiger partial charge in [-0.3, -0.25) is 33.6 Å². The number of ether oxygens (including phenoxy) is 8. The molecule has 1 heterocycles. The molecule has 506 valence electrons. The Morgan fingerprint density at radius 3 is 1.41 bits per heavy atom. The van der Waals surface area contributed by atoms with E-state index in [1.165, 1.54) is 0 Å². The fourth-order valence-corrected chi connectivity index (χ4v) is 8.82. The minimum absolute atomic E-state index is 0.00360. The smallest absolute Gasteiger partial charge is 0.329 e. The quantitative estimate of drug-likeness (QED) is 0.0259. The second-order valence-corrected chi connectivity index (χ2v) is 28.2. The van der Waals surface area contributed by atoms with Gasteiger partial charge in [0, 0.05) is 32.2 Å². The maximum atomic E-state index is 14.7. The fourth-order valence-electron chi connectivity index (χ4n) is 8.82. The van der Waals surface area contributed by atoms with Gasteiger partial charge in [0.1, 0.15) is 64.8 Å². The van der Waals surface area contributed by atoms with Crippen molar-refractivity contribution in [3.63, 3.8) is 0 Å². The highest BCUT2D eigenvalue weighted by Gasteiger charge is 2.41. The van der Waals surface area contributed by atoms with E-state index in [1.807, 2.05) is 36.4 Å². The van der Waals surface area contributed by atoms with Crippen LogP contribution in [0.4, 0.5) is 4.79 Å². The van der Waals surface area contributed by atoms with Gasteiger partial charge >= 0.3 is 35.9 Å². The number of nitrogens with one attached hydrogen (secondary N) is 6. The highest BCUT2D eigenvalue weighted by Crippen LogP contribution is 2.30. The first-order valence-electron chi connectivity index (χ1n) is 30.7. The van der Waals surface area contributed by atoms with Gasteiger partial charge in [0.15, 0.2) is 5.79 Å². The summed E-state index contributed by atoms with van der Waals surface area (Å²) in [6.07, 6.45) is -1.37. The van der Waals surface area contributed by atoms with Gasteiger partial charge in [0.25, 0.3) is 0 Å². The van der Waals surface area contributed by atoms with Crippen LogP contribution in [0.25, 0.3) is 10.8 Å². The van der Waals surface area contributed by atoms with E-state index >= 15 is 0 Å². The van der Waals surface area contributed by atoms with Crippen LogP contribution in [0.15, 0.2) is 42.5 Å². The number of hydrogen-bond acceptors (Lipinski definition) is 19. The summed E-state index contributed by atoms with van der Waals surface area (Å²) in [4.78, 5) is 137. The molecule has 5 atom stereocenters. The highest BCUT2D eigenvalue weighted by atomic mass is 16.7. The molecule has 0 saturated carbocycles. The highest BCUT2D eigenvalue weighted by molar-refractivity contribution is 5.95. The molecule has 90 heavy (non-hydrogen) atoms. The minimum Gasteiger partial charge on any atom is -0.460 e. The van der Waals surface area contributed by atoms with Crippen molar-refractivity contribution in [2.45, 2.75) is 246 Å². The molecular formula is C65H102N6O19. The van der Waals surface area contributed by atoms with Gasteiger partial charge in [0.2, 0.25) is 23.6 Å². The summed E-state index contributed by atoms with van der Waals surface area (Å²) in [5.74, 6) is -7.70. The zero-order chi connectivity index (χ0) is 68.1. The topological polar surface area (TPSA) is 337 Å². The largest absolute Gasteiger partial charge is 0.460 e. The van der Waals surface area contributed by atoms with Crippen molar-refractivity contribution in [1.82, 2.24) is 31.9 Å². The van der Waals surface area contributed by atoms with Gasteiger partial charge in [0.05, 0.1) is 31.8 Å². The summed E-state index contributed by atoms with van der Waals surface area (Å²) in [5, 5.41) is 28.0. The van der Waals surface area contributed by atoms with Gasteiger partial charge in [-0.2, -0.15) is 0 Å². The van der Waals surface area contributed by atoms with Crippen molar-refractivity contribution in [2.75, 3.05) is 39.6 Å². The lowest BCUT2D eigenvalue weighted by Gasteiger charge is -2.42. The number of fused-ring (bicyclic) bond motifs is 1. The number of esters is 5. The van der Waals surface area contributed by atoms with Crippen molar-refractivity contribution in [2.24, 2.45) is 5.41 Å². The van der Waals surface area contributed by atoms with Gasteiger partial charge in [-0.1, -0.05) is 42.5 Å². The van der Waals surface area contributed by atoms with Crippen molar-refractivity contribution in [1.29, 1.82) is 0 Å². The first kappa shape index (κ1) is 77.3. The van der Waals surface area contributed by atoms with Gasteiger partial charge in [-0.05, 0) is 173 Å². The van der Waals surface area contributed by atoms with Gasteiger partial charge in [-0.15, -0.1) is 0 Å². The Morgan fingerprint density at radius 1 is 0.511 bits per heavy atom. The lowest BCUT2D eigenvalue weighted by molar-refractivity contribution is -0.296. The summed E-state index contributed by atoms with van der Waals surface area (Å²) >= 11 is 0. The minimum atomic E-state index is -1.53. The van der Waals surface area contributed by atoms with E-state index in [2.05, 4.69) is 31.9 Å². The van der Waals surface area contributed by atoms with Crippen LogP contribution in [0.1, 0.15) is 181 Å². The van der Waals surface area contributed by atoms with Crippen LogP contribution in [0.5, 0.6) is 0 Å². The number of benzene rings is 2. The van der Waals surface area contributed by atoms with Crippen LogP contribution < -0.4 is 31.9 Å². The van der Waals surface area contributed by atoms with Crippen molar-refractivity contribution >= 4 is 70.3 Å². The molecule has 0 aliphatic carbocycles. The average Bonchev–Trinajstić information content (AvgIpc) is 2.63. The summed E-state index contributed by atoms with van der Waals surface area (Å²) < 4.78 is 44.7. The third kappa shape index (κ3) is 31.2. The summed E-state index contributed by atoms with van der Waals surface area (Å²) in [6, 6.07) is 5.28. The monoisotopic (exact) mass is 1270 g/mol. The van der Waals surface area contributed by atoms with E-state index in [-0.39, 0.29) is 97.2 Å². The number of carbonyl (C=O) groups excluding carboxylic acids is 10. The lowest BCUT2D eigenvalue weighted by atomic mass is 9.91. The van der Waals surface area contributed by atoms with Gasteiger partial charge < -0.3 is 74.9 Å². The molecule has 2 aromatic rings. The standard InChI is InChI=1S/C65H102N6O19/c1-59(2,3)86-50(74)30-27-44(67-49(73)36-83-38-65(37-72)39-84-64(16,17)85-40-65)54(78)68-45(28-31-51(75)87-60(4,5)6)55(79)69-48(35-41-25-26-42-22-18-19-23-43(42)34-41)53(77)66-33-21-20-24-46(56(80)89-62(10,11)12)70-58(82)71-47(57(81)90-63(13,14)15)29-32-52(76)88-61(7,8)9/h18-19,22-23,25-26,34,44-48,72H,20-21,24,27-33,35-40H2,1-17H3,(H,66,77)(H,67,73)(H,68,78)(H,69,79)(H2,70,71,82). The fraction of sp³-hybridized carbons (Fsp3) is 0.692. The zero-order valence-corrected chi connectivity index (χ0v) is 56.0. The third-order valence-corrected chi connectivity index (χ3v) is 13.0. The Labute approximate surface area is 530 Å². The number of carbonyl (C=O) groups is 10. The van der Waals surface area contributed by atoms with Crippen molar-refractivity contribution < 1.29 is 90.9 Å². The van der Waals surface area contributed by atoms with Crippen LogP contribution >= 0.6 is 0 Å². The van der Waals surface area contributed by atoms with Gasteiger partial charge in [-0.25, -0.2) is 14.4 Å². The maximum absolute atomic E-state index is 14.7. The molecule has 0 bridgehead atoms. The molecule has 5 unspecified atom stereocenters. The molecule has 1 aliphatic rings. The summed E-state index contributed by atoms with van der Waals surface area (Å²) in [6.45, 7) is 27.4. The van der Waals surface area contributed by atoms with E-state index < -0.39 is 136 Å². The van der Waals surface area contributed by atoms with Crippen LogP contribution in [0.3, 0.4) is 0 Å². The van der Waals surface area contributed by atoms with E-state index in [0.717, 1.165) is 10.8 Å². The Kier molecular flexibility index (Phi) is 29.1. The number of amides is 6. The number of urea groups is 1. The first-order valence-corrected chi connectivity index (χ1v) is 30.7. The maximum Gasteiger partial charge on any atom is 0.329 e. The lowest BCUT2D eigenvalue weighted by Crippen LogP contribution is -2.57. The van der Waals surface area contributed by atoms with Crippen LogP contribution in [-0.2, 0) is 87.5 Å². The number of hydrogen-bond donors (Lipinski definition) is 7. The normalized spacial score (nSPS) is 15.9. The molecule has 0 aromatic heterocycles. The molecule has 1 fully saturated rings. The Bertz CT molecular complexity index is 2760. The zero-order valence-electron chi connectivity index (χ0n) is 56.0.